The fourth-order valence-corrected chi connectivity index (χ4v) is 4.19. The SMILES string of the molecule is CC(C)(C)OC(=O)NCC1CCC(/C=C(/NC(=O)c2ccccc2)C(=O)Nc2ccc(CO)cc2)CC1. The van der Waals surface area contributed by atoms with Crippen LogP contribution in [0.1, 0.15) is 62.4 Å². The van der Waals surface area contributed by atoms with Gasteiger partial charge in [0.2, 0.25) is 0 Å². The average molecular weight is 508 g/mol. The summed E-state index contributed by atoms with van der Waals surface area (Å²) < 4.78 is 5.31. The first kappa shape index (κ1) is 27.9. The molecule has 2 aromatic rings. The average Bonchev–Trinajstić information content (AvgIpc) is 2.87. The Kier molecular flexibility index (Phi) is 9.85. The van der Waals surface area contributed by atoms with E-state index in [0.29, 0.717) is 23.7 Å². The number of carbonyl (C=O) groups excluding carboxylic acids is 3. The van der Waals surface area contributed by atoms with Crippen LogP contribution in [-0.4, -0.2) is 35.2 Å². The summed E-state index contributed by atoms with van der Waals surface area (Å²) in [5.41, 5.74) is 1.44. The van der Waals surface area contributed by atoms with Crippen molar-refractivity contribution in [1.29, 1.82) is 0 Å². The maximum absolute atomic E-state index is 13.2. The minimum absolute atomic E-state index is 0.0809. The van der Waals surface area contributed by atoms with E-state index in [-0.39, 0.29) is 24.1 Å². The molecule has 0 spiro atoms. The van der Waals surface area contributed by atoms with Crippen LogP contribution in [0.3, 0.4) is 0 Å². The second-order valence-electron chi connectivity index (χ2n) is 10.4. The Labute approximate surface area is 218 Å². The highest BCUT2D eigenvalue weighted by Gasteiger charge is 2.24. The molecule has 2 aromatic carbocycles. The van der Waals surface area contributed by atoms with Crippen LogP contribution in [0.25, 0.3) is 0 Å². The third-order valence-corrected chi connectivity index (χ3v) is 6.15. The van der Waals surface area contributed by atoms with Crippen molar-refractivity contribution >= 4 is 23.6 Å². The van der Waals surface area contributed by atoms with Gasteiger partial charge in [-0.2, -0.15) is 0 Å². The molecule has 0 saturated heterocycles. The van der Waals surface area contributed by atoms with Crippen molar-refractivity contribution in [2.45, 2.75) is 58.7 Å². The number of rotatable bonds is 8. The van der Waals surface area contributed by atoms with Crippen LogP contribution < -0.4 is 16.0 Å². The summed E-state index contributed by atoms with van der Waals surface area (Å²) in [6.45, 7) is 5.96. The van der Waals surface area contributed by atoms with E-state index in [1.165, 1.54) is 0 Å². The van der Waals surface area contributed by atoms with Gasteiger partial charge in [0.1, 0.15) is 11.3 Å². The van der Waals surface area contributed by atoms with E-state index in [1.54, 1.807) is 48.5 Å². The maximum Gasteiger partial charge on any atom is 0.407 e. The first-order valence-electron chi connectivity index (χ1n) is 12.7. The first-order valence-corrected chi connectivity index (χ1v) is 12.7. The molecule has 1 fully saturated rings. The van der Waals surface area contributed by atoms with Gasteiger partial charge in [0.25, 0.3) is 11.8 Å². The highest BCUT2D eigenvalue weighted by molar-refractivity contribution is 6.08. The van der Waals surface area contributed by atoms with Gasteiger partial charge in [-0.05, 0) is 88.1 Å². The van der Waals surface area contributed by atoms with Crippen LogP contribution in [0, 0.1) is 11.8 Å². The lowest BCUT2D eigenvalue weighted by molar-refractivity contribution is -0.113. The molecule has 1 saturated carbocycles. The Bertz CT molecular complexity index is 1080. The van der Waals surface area contributed by atoms with E-state index in [2.05, 4.69) is 16.0 Å². The molecule has 8 heteroatoms. The number of carbonyl (C=O) groups is 3. The predicted molar refractivity (Wildman–Crippen MR) is 143 cm³/mol. The van der Waals surface area contributed by atoms with Crippen LogP contribution >= 0.6 is 0 Å². The molecular weight excluding hydrogens is 470 g/mol. The maximum atomic E-state index is 13.2. The van der Waals surface area contributed by atoms with Gasteiger partial charge in [-0.3, -0.25) is 9.59 Å². The zero-order valence-electron chi connectivity index (χ0n) is 21.8. The van der Waals surface area contributed by atoms with Crippen molar-refractivity contribution in [1.82, 2.24) is 10.6 Å². The van der Waals surface area contributed by atoms with Gasteiger partial charge < -0.3 is 25.8 Å². The second-order valence-corrected chi connectivity index (χ2v) is 10.4. The molecule has 0 radical (unpaired) electrons. The Morgan fingerprint density at radius 3 is 2.22 bits per heavy atom. The molecule has 198 valence electrons. The number of hydrogen-bond donors (Lipinski definition) is 4. The van der Waals surface area contributed by atoms with Crippen molar-refractivity contribution in [2.24, 2.45) is 11.8 Å². The standard InChI is InChI=1S/C29H37N3O5/c1-29(2,3)37-28(36)30-18-21-11-9-20(10-12-21)17-25(32-26(34)23-7-5-4-6-8-23)27(35)31-24-15-13-22(19-33)14-16-24/h4-8,13-17,20-21,33H,9-12,18-19H2,1-3H3,(H,30,36)(H,31,35)(H,32,34)/b25-17+. The van der Waals surface area contributed by atoms with Crippen molar-refractivity contribution in [3.63, 3.8) is 0 Å². The van der Waals surface area contributed by atoms with Crippen LogP contribution in [0.4, 0.5) is 10.5 Å². The normalized spacial score (nSPS) is 18.0. The summed E-state index contributed by atoms with van der Waals surface area (Å²) in [7, 11) is 0. The largest absolute Gasteiger partial charge is 0.444 e. The summed E-state index contributed by atoms with van der Waals surface area (Å²) in [5.74, 6) is -0.313. The van der Waals surface area contributed by atoms with E-state index in [9.17, 15) is 19.5 Å². The second kappa shape index (κ2) is 13.1. The highest BCUT2D eigenvalue weighted by Crippen LogP contribution is 2.30. The van der Waals surface area contributed by atoms with Crippen molar-refractivity contribution in [2.75, 3.05) is 11.9 Å². The van der Waals surface area contributed by atoms with Gasteiger partial charge in [-0.25, -0.2) is 4.79 Å². The van der Waals surface area contributed by atoms with Crippen LogP contribution in [0.2, 0.25) is 0 Å². The smallest absolute Gasteiger partial charge is 0.407 e. The number of allylic oxidation sites excluding steroid dienone is 1. The molecule has 0 bridgehead atoms. The molecule has 0 aromatic heterocycles. The molecule has 0 atom stereocenters. The monoisotopic (exact) mass is 507 g/mol. The minimum Gasteiger partial charge on any atom is -0.444 e. The molecule has 1 aliphatic rings. The molecular formula is C29H37N3O5. The number of amides is 3. The van der Waals surface area contributed by atoms with Crippen molar-refractivity contribution in [3.8, 4) is 0 Å². The third-order valence-electron chi connectivity index (χ3n) is 6.15. The fourth-order valence-electron chi connectivity index (χ4n) is 4.19. The number of aliphatic hydroxyl groups is 1. The van der Waals surface area contributed by atoms with Crippen LogP contribution in [-0.2, 0) is 16.1 Å². The Morgan fingerprint density at radius 2 is 1.62 bits per heavy atom. The summed E-state index contributed by atoms with van der Waals surface area (Å²) in [6.07, 6.45) is 4.88. The van der Waals surface area contributed by atoms with Crippen molar-refractivity contribution in [3.05, 3.63) is 77.5 Å². The molecule has 0 aliphatic heterocycles. The molecule has 0 unspecified atom stereocenters. The Hall–Kier alpha value is -3.65. The summed E-state index contributed by atoms with van der Waals surface area (Å²) in [5, 5.41) is 17.7. The van der Waals surface area contributed by atoms with Crippen LogP contribution in [0.5, 0.6) is 0 Å². The molecule has 3 rings (SSSR count). The molecule has 0 heterocycles. The Balaban J connectivity index is 1.64. The topological polar surface area (TPSA) is 117 Å². The van der Waals surface area contributed by atoms with E-state index < -0.39 is 17.6 Å². The first-order chi connectivity index (χ1) is 17.6. The highest BCUT2D eigenvalue weighted by atomic mass is 16.6. The molecule has 8 nitrogen and oxygen atoms in total. The zero-order valence-corrected chi connectivity index (χ0v) is 21.8. The molecule has 1 aliphatic carbocycles. The lowest BCUT2D eigenvalue weighted by Crippen LogP contribution is -2.36. The third kappa shape index (κ3) is 9.38. The number of hydrogen-bond acceptors (Lipinski definition) is 5. The van der Waals surface area contributed by atoms with Gasteiger partial charge in [-0.1, -0.05) is 36.4 Å². The van der Waals surface area contributed by atoms with Gasteiger partial charge in [0.15, 0.2) is 0 Å². The van der Waals surface area contributed by atoms with Gasteiger partial charge in [0, 0.05) is 17.8 Å². The summed E-state index contributed by atoms with van der Waals surface area (Å²) in [4.78, 5) is 37.9. The van der Waals surface area contributed by atoms with E-state index in [1.807, 2.05) is 32.9 Å². The molecule has 4 N–H and O–H groups in total. The summed E-state index contributed by atoms with van der Waals surface area (Å²) >= 11 is 0. The lowest BCUT2D eigenvalue weighted by Gasteiger charge is -2.28. The zero-order chi connectivity index (χ0) is 26.8. The number of anilines is 1. The number of aliphatic hydroxyl groups excluding tert-OH is 1. The number of alkyl carbamates (subject to hydrolysis) is 1. The van der Waals surface area contributed by atoms with Gasteiger partial charge in [0.05, 0.1) is 6.61 Å². The van der Waals surface area contributed by atoms with Crippen molar-refractivity contribution < 1.29 is 24.2 Å². The molecule has 3 amide bonds. The lowest BCUT2D eigenvalue weighted by atomic mass is 9.81. The van der Waals surface area contributed by atoms with E-state index in [4.69, 9.17) is 4.74 Å². The van der Waals surface area contributed by atoms with Gasteiger partial charge in [-0.15, -0.1) is 0 Å². The van der Waals surface area contributed by atoms with E-state index in [0.717, 1.165) is 31.2 Å². The number of benzene rings is 2. The summed E-state index contributed by atoms with van der Waals surface area (Å²) in [6, 6.07) is 15.6. The fraction of sp³-hybridized carbons (Fsp3) is 0.414. The quantitative estimate of drug-likeness (QED) is 0.384. The number of ether oxygens (including phenoxy) is 1. The van der Waals surface area contributed by atoms with Crippen LogP contribution in [0.15, 0.2) is 66.4 Å². The molecule has 37 heavy (non-hydrogen) atoms. The minimum atomic E-state index is -0.533. The van der Waals surface area contributed by atoms with Gasteiger partial charge >= 0.3 is 6.09 Å². The predicted octanol–water partition coefficient (Wildman–Crippen LogP) is 4.76. The Morgan fingerprint density at radius 1 is 0.973 bits per heavy atom. The number of nitrogens with one attached hydrogen (secondary N) is 3. The van der Waals surface area contributed by atoms with E-state index >= 15 is 0 Å².